The lowest BCUT2D eigenvalue weighted by atomic mass is 10.2. The Morgan fingerprint density at radius 2 is 1.95 bits per heavy atom. The highest BCUT2D eigenvalue weighted by atomic mass is 127. The molecule has 110 valence electrons. The van der Waals surface area contributed by atoms with Gasteiger partial charge in [-0.3, -0.25) is 10.1 Å². The van der Waals surface area contributed by atoms with Crippen molar-refractivity contribution in [3.8, 4) is 11.3 Å². The van der Waals surface area contributed by atoms with Gasteiger partial charge in [-0.1, -0.05) is 18.2 Å². The number of thiazole rings is 1. The zero-order valence-electron chi connectivity index (χ0n) is 11.2. The van der Waals surface area contributed by atoms with E-state index in [1.54, 1.807) is 6.07 Å². The van der Waals surface area contributed by atoms with Crippen molar-refractivity contribution in [2.45, 2.75) is 0 Å². The first-order chi connectivity index (χ1) is 10.6. The molecule has 0 saturated heterocycles. The van der Waals surface area contributed by atoms with E-state index in [2.05, 4.69) is 32.9 Å². The van der Waals surface area contributed by atoms with Crippen molar-refractivity contribution in [2.75, 3.05) is 5.32 Å². The molecular weight excluding hydrogens is 414 g/mol. The Labute approximate surface area is 144 Å². The molecule has 0 bridgehead atoms. The van der Waals surface area contributed by atoms with Crippen molar-refractivity contribution in [1.82, 2.24) is 4.98 Å². The number of nitrogens with zero attached hydrogens (tertiary/aromatic N) is 1. The number of aromatic nitrogens is 1. The fraction of sp³-hybridized carbons (Fsp3) is 0. The van der Waals surface area contributed by atoms with Crippen molar-refractivity contribution in [3.05, 3.63) is 68.9 Å². The van der Waals surface area contributed by atoms with Gasteiger partial charge >= 0.3 is 0 Å². The van der Waals surface area contributed by atoms with E-state index in [1.165, 1.54) is 29.5 Å². The fourth-order valence-corrected chi connectivity index (χ4v) is 2.96. The van der Waals surface area contributed by atoms with Crippen molar-refractivity contribution < 1.29 is 9.18 Å². The maximum absolute atomic E-state index is 13.1. The molecule has 1 N–H and O–H groups in total. The molecule has 0 atom stereocenters. The monoisotopic (exact) mass is 424 g/mol. The summed E-state index contributed by atoms with van der Waals surface area (Å²) in [7, 11) is 0. The molecule has 0 radical (unpaired) electrons. The third-order valence-corrected chi connectivity index (χ3v) is 4.43. The number of halogens is 2. The molecule has 3 rings (SSSR count). The van der Waals surface area contributed by atoms with Gasteiger partial charge in [-0.05, 0) is 52.9 Å². The SMILES string of the molecule is O=C(Nc1nc(-c2ccc(I)cc2)cs1)c1cccc(F)c1. The highest BCUT2D eigenvalue weighted by molar-refractivity contribution is 14.1. The normalized spacial score (nSPS) is 10.5. The molecule has 1 amide bonds. The van der Waals surface area contributed by atoms with Crippen LogP contribution in [0.2, 0.25) is 0 Å². The summed E-state index contributed by atoms with van der Waals surface area (Å²) in [6, 6.07) is 13.5. The standard InChI is InChI=1S/C16H10FIN2OS/c17-12-3-1-2-11(8-12)15(21)20-16-19-14(9-22-16)10-4-6-13(18)7-5-10/h1-9H,(H,19,20,21). The highest BCUT2D eigenvalue weighted by Gasteiger charge is 2.10. The number of amides is 1. The Morgan fingerprint density at radius 1 is 1.18 bits per heavy atom. The van der Waals surface area contributed by atoms with E-state index in [1.807, 2.05) is 29.6 Å². The van der Waals surface area contributed by atoms with Crippen LogP contribution < -0.4 is 5.32 Å². The zero-order valence-corrected chi connectivity index (χ0v) is 14.2. The van der Waals surface area contributed by atoms with Crippen LogP contribution in [0.4, 0.5) is 9.52 Å². The maximum Gasteiger partial charge on any atom is 0.257 e. The summed E-state index contributed by atoms with van der Waals surface area (Å²) >= 11 is 3.58. The van der Waals surface area contributed by atoms with E-state index in [-0.39, 0.29) is 11.5 Å². The molecular formula is C16H10FIN2OS. The minimum atomic E-state index is -0.439. The van der Waals surface area contributed by atoms with E-state index in [9.17, 15) is 9.18 Å². The lowest BCUT2D eigenvalue weighted by Crippen LogP contribution is -2.11. The van der Waals surface area contributed by atoms with Gasteiger partial charge in [0.1, 0.15) is 5.82 Å². The van der Waals surface area contributed by atoms with Crippen LogP contribution in [-0.4, -0.2) is 10.9 Å². The van der Waals surface area contributed by atoms with Crippen LogP contribution in [0.5, 0.6) is 0 Å². The zero-order chi connectivity index (χ0) is 15.5. The average molecular weight is 424 g/mol. The molecule has 2 aromatic carbocycles. The van der Waals surface area contributed by atoms with Crippen molar-refractivity contribution in [1.29, 1.82) is 0 Å². The van der Waals surface area contributed by atoms with E-state index in [0.29, 0.717) is 5.13 Å². The summed E-state index contributed by atoms with van der Waals surface area (Å²) < 4.78 is 14.3. The van der Waals surface area contributed by atoms with E-state index < -0.39 is 5.82 Å². The van der Waals surface area contributed by atoms with Crippen molar-refractivity contribution in [3.63, 3.8) is 0 Å². The summed E-state index contributed by atoms with van der Waals surface area (Å²) in [4.78, 5) is 16.4. The average Bonchev–Trinajstić information content (AvgIpc) is 2.96. The first-order valence-electron chi connectivity index (χ1n) is 6.40. The van der Waals surface area contributed by atoms with Gasteiger partial charge in [0.2, 0.25) is 0 Å². The second-order valence-corrected chi connectivity index (χ2v) is 6.61. The highest BCUT2D eigenvalue weighted by Crippen LogP contribution is 2.25. The van der Waals surface area contributed by atoms with Gasteiger partial charge in [-0.2, -0.15) is 0 Å². The van der Waals surface area contributed by atoms with E-state index >= 15 is 0 Å². The van der Waals surface area contributed by atoms with Gasteiger partial charge < -0.3 is 0 Å². The van der Waals surface area contributed by atoms with Crippen LogP contribution in [0.15, 0.2) is 53.9 Å². The molecule has 3 nitrogen and oxygen atoms in total. The molecule has 0 spiro atoms. The number of hydrogen-bond acceptors (Lipinski definition) is 3. The second kappa shape index (κ2) is 6.53. The predicted octanol–water partition coefficient (Wildman–Crippen LogP) is 4.81. The number of carbonyl (C=O) groups excluding carboxylic acids is 1. The summed E-state index contributed by atoms with van der Waals surface area (Å²) in [5.74, 6) is -0.811. The topological polar surface area (TPSA) is 42.0 Å². The Balaban J connectivity index is 1.77. The number of nitrogens with one attached hydrogen (secondary N) is 1. The molecule has 1 heterocycles. The van der Waals surface area contributed by atoms with E-state index in [4.69, 9.17) is 0 Å². The van der Waals surface area contributed by atoms with Crippen LogP contribution in [0, 0.1) is 9.39 Å². The van der Waals surface area contributed by atoms with Gasteiger partial charge in [0.15, 0.2) is 5.13 Å². The van der Waals surface area contributed by atoms with Gasteiger partial charge in [0.25, 0.3) is 5.91 Å². The third-order valence-electron chi connectivity index (χ3n) is 2.95. The minimum absolute atomic E-state index is 0.269. The third kappa shape index (κ3) is 3.50. The number of carbonyl (C=O) groups is 1. The Morgan fingerprint density at radius 3 is 2.68 bits per heavy atom. The lowest BCUT2D eigenvalue weighted by molar-refractivity contribution is 0.102. The molecule has 0 unspecified atom stereocenters. The minimum Gasteiger partial charge on any atom is -0.298 e. The van der Waals surface area contributed by atoms with Crippen LogP contribution in [0.3, 0.4) is 0 Å². The molecule has 0 aliphatic rings. The summed E-state index contributed by atoms with van der Waals surface area (Å²) in [6.45, 7) is 0. The smallest absolute Gasteiger partial charge is 0.257 e. The fourth-order valence-electron chi connectivity index (χ4n) is 1.88. The van der Waals surface area contributed by atoms with Crippen LogP contribution in [0.1, 0.15) is 10.4 Å². The van der Waals surface area contributed by atoms with Crippen LogP contribution >= 0.6 is 33.9 Å². The molecule has 1 aromatic heterocycles. The largest absolute Gasteiger partial charge is 0.298 e. The van der Waals surface area contributed by atoms with Gasteiger partial charge in [0, 0.05) is 20.1 Å². The summed E-state index contributed by atoms with van der Waals surface area (Å²) in [6.07, 6.45) is 0. The van der Waals surface area contributed by atoms with Gasteiger partial charge in [-0.15, -0.1) is 11.3 Å². The molecule has 0 aliphatic carbocycles. The number of hydrogen-bond donors (Lipinski definition) is 1. The summed E-state index contributed by atoms with van der Waals surface area (Å²) in [5, 5.41) is 5.05. The van der Waals surface area contributed by atoms with Crippen LogP contribution in [-0.2, 0) is 0 Å². The maximum atomic E-state index is 13.1. The van der Waals surface area contributed by atoms with Crippen LogP contribution in [0.25, 0.3) is 11.3 Å². The Kier molecular flexibility index (Phi) is 4.49. The first kappa shape index (κ1) is 15.1. The first-order valence-corrected chi connectivity index (χ1v) is 8.36. The predicted molar refractivity (Wildman–Crippen MR) is 94.6 cm³/mol. The molecule has 3 aromatic rings. The number of anilines is 1. The van der Waals surface area contributed by atoms with Gasteiger partial charge in [-0.25, -0.2) is 9.37 Å². The molecule has 0 saturated carbocycles. The molecule has 22 heavy (non-hydrogen) atoms. The Bertz CT molecular complexity index is 817. The quantitative estimate of drug-likeness (QED) is 0.614. The number of rotatable bonds is 3. The molecule has 0 fully saturated rings. The summed E-state index contributed by atoms with van der Waals surface area (Å²) in [5.41, 5.74) is 2.06. The molecule has 0 aliphatic heterocycles. The molecule has 6 heteroatoms. The van der Waals surface area contributed by atoms with Crippen molar-refractivity contribution in [2.24, 2.45) is 0 Å². The van der Waals surface area contributed by atoms with E-state index in [0.717, 1.165) is 14.8 Å². The Hall–Kier alpha value is -1.80. The van der Waals surface area contributed by atoms with Gasteiger partial charge in [0.05, 0.1) is 5.69 Å². The number of benzene rings is 2. The van der Waals surface area contributed by atoms with Crippen molar-refractivity contribution >= 4 is 45.0 Å². The second-order valence-electron chi connectivity index (χ2n) is 4.51. The lowest BCUT2D eigenvalue weighted by Gasteiger charge is -2.01.